The third-order valence-corrected chi connectivity index (χ3v) is 3.27. The number of hydrogen-bond donors (Lipinski definition) is 3. The van der Waals surface area contributed by atoms with Crippen LogP contribution in [-0.2, 0) is 16.1 Å². The predicted octanol–water partition coefficient (Wildman–Crippen LogP) is -1.67. The average Bonchev–Trinajstić information content (AvgIpc) is 2.46. The van der Waals surface area contributed by atoms with Crippen LogP contribution in [0.25, 0.3) is 0 Å². The van der Waals surface area contributed by atoms with Crippen molar-refractivity contribution in [2.75, 3.05) is 33.3 Å². The zero-order chi connectivity index (χ0) is 14.4. The Bertz CT molecular complexity index is 473. The van der Waals surface area contributed by atoms with Crippen LogP contribution in [0.15, 0.2) is 24.3 Å². The van der Waals surface area contributed by atoms with E-state index in [1.54, 1.807) is 7.11 Å². The number of hydrogen-bond acceptors (Lipinski definition) is 3. The highest BCUT2D eigenvalue weighted by Crippen LogP contribution is 2.10. The van der Waals surface area contributed by atoms with E-state index in [0.717, 1.165) is 22.8 Å². The summed E-state index contributed by atoms with van der Waals surface area (Å²) in [6, 6.07) is 7.56. The third-order valence-electron chi connectivity index (χ3n) is 3.27. The first-order chi connectivity index (χ1) is 9.67. The van der Waals surface area contributed by atoms with E-state index in [0.29, 0.717) is 26.2 Å². The molecule has 6 nitrogen and oxygen atoms in total. The number of amides is 2. The Morgan fingerprint density at radius 2 is 2.15 bits per heavy atom. The number of quaternary nitrogens is 1. The molecule has 0 aromatic heterocycles. The van der Waals surface area contributed by atoms with Gasteiger partial charge in [-0.15, -0.1) is 0 Å². The minimum Gasteiger partial charge on any atom is -0.497 e. The van der Waals surface area contributed by atoms with Gasteiger partial charge in [-0.2, -0.15) is 0 Å². The SMILES string of the molecule is COc1ccc(CNC(=O)C[NH+]2CCNC(=O)C2)cc1. The fraction of sp³-hybridized carbons (Fsp3) is 0.429. The fourth-order valence-corrected chi connectivity index (χ4v) is 2.14. The van der Waals surface area contributed by atoms with Gasteiger partial charge in [-0.25, -0.2) is 0 Å². The molecule has 0 aliphatic carbocycles. The van der Waals surface area contributed by atoms with Crippen LogP contribution in [0.3, 0.4) is 0 Å². The molecule has 2 rings (SSSR count). The molecule has 0 radical (unpaired) electrons. The number of methoxy groups -OCH3 is 1. The summed E-state index contributed by atoms with van der Waals surface area (Å²) in [7, 11) is 1.62. The maximum absolute atomic E-state index is 11.8. The minimum atomic E-state index is -0.0366. The first-order valence-electron chi connectivity index (χ1n) is 6.67. The number of nitrogens with one attached hydrogen (secondary N) is 3. The molecule has 2 amide bonds. The van der Waals surface area contributed by atoms with Crippen LogP contribution in [0, 0.1) is 0 Å². The highest BCUT2D eigenvalue weighted by Gasteiger charge is 2.21. The number of carbonyl (C=O) groups excluding carboxylic acids is 2. The Balaban J connectivity index is 1.75. The second-order valence-electron chi connectivity index (χ2n) is 4.83. The Hall–Kier alpha value is -2.08. The number of benzene rings is 1. The summed E-state index contributed by atoms with van der Waals surface area (Å²) >= 11 is 0. The quantitative estimate of drug-likeness (QED) is 0.603. The van der Waals surface area contributed by atoms with Crippen molar-refractivity contribution in [1.82, 2.24) is 10.6 Å². The molecule has 108 valence electrons. The summed E-state index contributed by atoms with van der Waals surface area (Å²) in [6.45, 7) is 2.63. The molecule has 1 aromatic carbocycles. The lowest BCUT2D eigenvalue weighted by molar-refractivity contribution is -0.885. The van der Waals surface area contributed by atoms with Crippen molar-refractivity contribution in [1.29, 1.82) is 0 Å². The smallest absolute Gasteiger partial charge is 0.275 e. The summed E-state index contributed by atoms with van der Waals surface area (Å²) < 4.78 is 5.08. The van der Waals surface area contributed by atoms with Crippen molar-refractivity contribution in [3.05, 3.63) is 29.8 Å². The molecule has 1 aliphatic rings. The van der Waals surface area contributed by atoms with E-state index >= 15 is 0 Å². The van der Waals surface area contributed by atoms with Gasteiger partial charge >= 0.3 is 0 Å². The van der Waals surface area contributed by atoms with E-state index in [1.165, 1.54) is 0 Å². The van der Waals surface area contributed by atoms with E-state index < -0.39 is 0 Å². The van der Waals surface area contributed by atoms with E-state index in [-0.39, 0.29) is 11.8 Å². The van der Waals surface area contributed by atoms with Crippen LogP contribution in [-0.4, -0.2) is 45.1 Å². The summed E-state index contributed by atoms with van der Waals surface area (Å²) in [5.74, 6) is 0.767. The van der Waals surface area contributed by atoms with Crippen molar-refractivity contribution in [3.63, 3.8) is 0 Å². The number of rotatable bonds is 5. The Morgan fingerprint density at radius 1 is 1.40 bits per heavy atom. The molecule has 1 atom stereocenters. The molecule has 1 heterocycles. The van der Waals surface area contributed by atoms with Gasteiger partial charge in [-0.1, -0.05) is 12.1 Å². The van der Waals surface area contributed by atoms with Gasteiger partial charge in [0.25, 0.3) is 11.8 Å². The van der Waals surface area contributed by atoms with E-state index in [2.05, 4.69) is 10.6 Å². The highest BCUT2D eigenvalue weighted by molar-refractivity contribution is 5.79. The zero-order valence-electron chi connectivity index (χ0n) is 11.6. The fourth-order valence-electron chi connectivity index (χ4n) is 2.14. The van der Waals surface area contributed by atoms with E-state index in [9.17, 15) is 9.59 Å². The van der Waals surface area contributed by atoms with Gasteiger partial charge in [0.15, 0.2) is 13.1 Å². The van der Waals surface area contributed by atoms with Crippen molar-refractivity contribution >= 4 is 11.8 Å². The molecule has 1 aliphatic heterocycles. The number of piperazine rings is 1. The third kappa shape index (κ3) is 4.24. The van der Waals surface area contributed by atoms with Crippen molar-refractivity contribution < 1.29 is 19.2 Å². The second kappa shape index (κ2) is 6.91. The maximum atomic E-state index is 11.8. The van der Waals surface area contributed by atoms with Crippen LogP contribution >= 0.6 is 0 Å². The van der Waals surface area contributed by atoms with Gasteiger partial charge in [-0.05, 0) is 17.7 Å². The number of carbonyl (C=O) groups is 2. The lowest BCUT2D eigenvalue weighted by Gasteiger charge is -2.22. The van der Waals surface area contributed by atoms with Gasteiger partial charge in [0, 0.05) is 6.54 Å². The molecule has 1 aromatic rings. The molecular weight excluding hydrogens is 258 g/mol. The Morgan fingerprint density at radius 3 is 2.80 bits per heavy atom. The van der Waals surface area contributed by atoms with E-state index in [1.807, 2.05) is 24.3 Å². The molecule has 6 heteroatoms. The maximum Gasteiger partial charge on any atom is 0.275 e. The predicted molar refractivity (Wildman–Crippen MR) is 73.4 cm³/mol. The summed E-state index contributed by atoms with van der Waals surface area (Å²) in [5, 5.41) is 5.62. The molecule has 1 fully saturated rings. The first kappa shape index (κ1) is 14.3. The van der Waals surface area contributed by atoms with Gasteiger partial charge in [0.1, 0.15) is 5.75 Å². The number of ether oxygens (including phenoxy) is 1. The van der Waals surface area contributed by atoms with Gasteiger partial charge < -0.3 is 20.3 Å². The molecule has 0 saturated carbocycles. The van der Waals surface area contributed by atoms with Crippen molar-refractivity contribution in [2.24, 2.45) is 0 Å². The van der Waals surface area contributed by atoms with Crippen LogP contribution in [0.5, 0.6) is 5.75 Å². The lowest BCUT2D eigenvalue weighted by atomic mass is 10.2. The topological polar surface area (TPSA) is 71.9 Å². The Kier molecular flexibility index (Phi) is 4.95. The van der Waals surface area contributed by atoms with Crippen LogP contribution < -0.4 is 20.3 Å². The molecular formula is C14H20N3O3+. The van der Waals surface area contributed by atoms with Gasteiger partial charge in [-0.3, -0.25) is 9.59 Å². The largest absolute Gasteiger partial charge is 0.497 e. The Labute approximate surface area is 118 Å². The van der Waals surface area contributed by atoms with Gasteiger partial charge in [0.2, 0.25) is 0 Å². The molecule has 0 spiro atoms. The summed E-state index contributed by atoms with van der Waals surface area (Å²) in [6.07, 6.45) is 0. The normalized spacial score (nSPS) is 18.2. The first-order valence-corrected chi connectivity index (χ1v) is 6.67. The zero-order valence-corrected chi connectivity index (χ0v) is 11.6. The molecule has 3 N–H and O–H groups in total. The van der Waals surface area contributed by atoms with E-state index in [4.69, 9.17) is 4.74 Å². The minimum absolute atomic E-state index is 0.00852. The molecule has 1 saturated heterocycles. The van der Waals surface area contributed by atoms with Crippen LogP contribution in [0.1, 0.15) is 5.56 Å². The van der Waals surface area contributed by atoms with Crippen LogP contribution in [0.4, 0.5) is 0 Å². The highest BCUT2D eigenvalue weighted by atomic mass is 16.5. The molecule has 0 bridgehead atoms. The lowest BCUT2D eigenvalue weighted by Crippen LogP contribution is -3.16. The second-order valence-corrected chi connectivity index (χ2v) is 4.83. The summed E-state index contributed by atoms with van der Waals surface area (Å²) in [5.41, 5.74) is 1.02. The standard InChI is InChI=1S/C14H19N3O3/c1-20-12-4-2-11(3-5-12)8-16-14(19)10-17-7-6-15-13(18)9-17/h2-5H,6-10H2,1H3,(H,15,18)(H,16,19)/p+1. The van der Waals surface area contributed by atoms with Crippen molar-refractivity contribution in [3.8, 4) is 5.75 Å². The van der Waals surface area contributed by atoms with Crippen molar-refractivity contribution in [2.45, 2.75) is 6.54 Å². The van der Waals surface area contributed by atoms with Crippen LogP contribution in [0.2, 0.25) is 0 Å². The molecule has 1 unspecified atom stereocenters. The average molecular weight is 278 g/mol. The molecule has 20 heavy (non-hydrogen) atoms. The van der Waals surface area contributed by atoms with Gasteiger partial charge in [0.05, 0.1) is 20.2 Å². The summed E-state index contributed by atoms with van der Waals surface area (Å²) in [4.78, 5) is 24.0. The monoisotopic (exact) mass is 278 g/mol.